The Kier molecular flexibility index (Phi) is 133. The fourth-order valence-corrected chi connectivity index (χ4v) is 0. The molecule has 0 aromatic heterocycles. The van der Waals surface area contributed by atoms with Crippen LogP contribution in [0.5, 0.6) is 0 Å². The second kappa shape index (κ2) is 28.4. The quantitative estimate of drug-likeness (QED) is 0.379. The minimum Gasteiger partial charge on any atom is -0.0149 e. The molecule has 0 fully saturated rings. The van der Waals surface area contributed by atoms with Crippen LogP contribution in [-0.4, -0.2) is 11.0 Å². The van der Waals surface area contributed by atoms with Crippen LogP contribution in [-0.2, 0) is 41.7 Å². The first-order chi connectivity index (χ1) is 1.00. The van der Waals surface area contributed by atoms with Gasteiger partial charge in [0.2, 0.25) is 0 Å². The van der Waals surface area contributed by atoms with Gasteiger partial charge in [0.05, 0.1) is 0 Å². The summed E-state index contributed by atoms with van der Waals surface area (Å²) in [5.74, 6) is 0. The van der Waals surface area contributed by atoms with Crippen molar-refractivity contribution in [1.82, 2.24) is 0 Å². The molecule has 0 aromatic carbocycles. The van der Waals surface area contributed by atoms with Crippen molar-refractivity contribution < 1.29 is 41.7 Å². The minimum absolute atomic E-state index is 0. The first-order valence-electron chi connectivity index (χ1n) is 0.167. The SMILES string of the molecule is [O]=[Cr].[SiH4].[Ti]. The van der Waals surface area contributed by atoms with Crippen LogP contribution in [0.4, 0.5) is 0 Å². The minimum atomic E-state index is 0. The molecule has 0 amide bonds. The smallest absolute Gasteiger partial charge is 0 e. The zero-order valence-corrected chi connectivity index (χ0v) is 4.15. The molecule has 0 spiro atoms. The number of rotatable bonds is 0. The van der Waals surface area contributed by atoms with Gasteiger partial charge in [0.15, 0.2) is 0 Å². The van der Waals surface area contributed by atoms with Crippen LogP contribution in [0, 0.1) is 0 Å². The predicted molar refractivity (Wildman–Crippen MR) is 12.0 cm³/mol. The molecule has 0 saturated carbocycles. The Morgan fingerprint density at radius 1 is 1.25 bits per heavy atom. The Morgan fingerprint density at radius 2 is 1.25 bits per heavy atom. The standard InChI is InChI=1S/Cr.O.H4Si.Ti/h;;1H4;. The van der Waals surface area contributed by atoms with E-state index in [1.807, 2.05) is 0 Å². The van der Waals surface area contributed by atoms with E-state index < -0.39 is 0 Å². The molecule has 0 unspecified atom stereocenters. The molecule has 0 aliphatic carbocycles. The topological polar surface area (TPSA) is 17.1 Å². The van der Waals surface area contributed by atoms with E-state index in [2.05, 4.69) is 0 Å². The van der Waals surface area contributed by atoms with Crippen LogP contribution in [0.15, 0.2) is 0 Å². The van der Waals surface area contributed by atoms with E-state index in [0.717, 1.165) is 0 Å². The van der Waals surface area contributed by atoms with Gasteiger partial charge < -0.3 is 0 Å². The molecule has 0 bridgehead atoms. The molecule has 0 rings (SSSR count). The third kappa shape index (κ3) is 10.5. The summed E-state index contributed by atoms with van der Waals surface area (Å²) in [5, 5.41) is 0. The monoisotopic (exact) mass is 148 g/mol. The van der Waals surface area contributed by atoms with E-state index >= 15 is 0 Å². The molecule has 0 aromatic rings. The summed E-state index contributed by atoms with van der Waals surface area (Å²) >= 11 is 1.38. The van der Waals surface area contributed by atoms with Crippen LogP contribution in [0.25, 0.3) is 0 Å². The van der Waals surface area contributed by atoms with Gasteiger partial charge in [0.1, 0.15) is 0 Å². The van der Waals surface area contributed by atoms with Crippen molar-refractivity contribution >= 4 is 11.0 Å². The van der Waals surface area contributed by atoms with Crippen molar-refractivity contribution in [2.75, 3.05) is 0 Å². The average Bonchev–Trinajstić information content (AvgIpc) is 1.00. The molecule has 0 atom stereocenters. The number of hydrogen-bond donors (Lipinski definition) is 0. The second-order valence-electron chi connectivity index (χ2n) is 0. The molecule has 4 heavy (non-hydrogen) atoms. The first kappa shape index (κ1) is 18.7. The van der Waals surface area contributed by atoms with Gasteiger partial charge >= 0.3 is 20.0 Å². The zero-order valence-electron chi connectivity index (χ0n) is 1.32. The van der Waals surface area contributed by atoms with Crippen LogP contribution >= 0.6 is 0 Å². The van der Waals surface area contributed by atoms with Crippen LogP contribution in [0.1, 0.15) is 0 Å². The maximum Gasteiger partial charge on any atom is 0 e. The van der Waals surface area contributed by atoms with Gasteiger partial charge in [0, 0.05) is 21.7 Å². The largest absolute Gasteiger partial charge is 0.0149 e. The fraction of sp³-hybridized carbons (Fsp3) is 0. The Hall–Kier alpha value is 1.26. The predicted octanol–water partition coefficient (Wildman–Crippen LogP) is -1.58. The Morgan fingerprint density at radius 3 is 1.25 bits per heavy atom. The van der Waals surface area contributed by atoms with Gasteiger partial charge in [-0.1, -0.05) is 0 Å². The van der Waals surface area contributed by atoms with Crippen LogP contribution < -0.4 is 0 Å². The van der Waals surface area contributed by atoms with E-state index in [4.69, 9.17) is 3.80 Å². The molecular weight excluding hydrogens is 144 g/mol. The summed E-state index contributed by atoms with van der Waals surface area (Å²) in [6.07, 6.45) is 0. The van der Waals surface area contributed by atoms with Crippen molar-refractivity contribution in [3.63, 3.8) is 0 Å². The Balaban J connectivity index is -0.00000000500. The molecule has 24 valence electrons. The van der Waals surface area contributed by atoms with E-state index in [1.165, 1.54) is 16.2 Å². The number of hydrogen-bond acceptors (Lipinski definition) is 1. The van der Waals surface area contributed by atoms with E-state index in [0.29, 0.717) is 0 Å². The normalized spacial score (nSPS) is 1.00. The summed E-state index contributed by atoms with van der Waals surface area (Å²) < 4.78 is 8.12. The third-order valence-electron chi connectivity index (χ3n) is 0. The molecule has 0 radical (unpaired) electrons. The summed E-state index contributed by atoms with van der Waals surface area (Å²) in [6, 6.07) is 0. The van der Waals surface area contributed by atoms with Crippen LogP contribution in [0.2, 0.25) is 0 Å². The van der Waals surface area contributed by atoms with Gasteiger partial charge in [-0.3, -0.25) is 0 Å². The van der Waals surface area contributed by atoms with Gasteiger partial charge in [0.25, 0.3) is 0 Å². The van der Waals surface area contributed by atoms with Crippen molar-refractivity contribution in [3.05, 3.63) is 0 Å². The third-order valence-corrected chi connectivity index (χ3v) is 0. The zero-order chi connectivity index (χ0) is 2.00. The van der Waals surface area contributed by atoms with E-state index in [-0.39, 0.29) is 32.7 Å². The fourth-order valence-electron chi connectivity index (χ4n) is 0. The summed E-state index contributed by atoms with van der Waals surface area (Å²) in [4.78, 5) is 0. The van der Waals surface area contributed by atoms with E-state index in [9.17, 15) is 0 Å². The molecule has 0 aliphatic rings. The van der Waals surface area contributed by atoms with Gasteiger partial charge in [-0.05, 0) is 11.0 Å². The van der Waals surface area contributed by atoms with E-state index in [1.54, 1.807) is 0 Å². The second-order valence-corrected chi connectivity index (χ2v) is 0. The summed E-state index contributed by atoms with van der Waals surface area (Å²) in [6.45, 7) is 0. The van der Waals surface area contributed by atoms with Gasteiger partial charge in [-0.2, -0.15) is 0 Å². The molecule has 0 heterocycles. The van der Waals surface area contributed by atoms with Crippen LogP contribution in [0.3, 0.4) is 0 Å². The van der Waals surface area contributed by atoms with Crippen molar-refractivity contribution in [1.29, 1.82) is 0 Å². The maximum absolute atomic E-state index is 8.12. The molecule has 4 heteroatoms. The molecular formula is H4CrOSiTi. The Bertz CT molecular complexity index is 8.00. The van der Waals surface area contributed by atoms with Gasteiger partial charge in [-0.15, -0.1) is 0 Å². The maximum atomic E-state index is 8.12. The molecule has 0 saturated heterocycles. The first-order valence-corrected chi connectivity index (χ1v) is 0.687. The van der Waals surface area contributed by atoms with Crippen molar-refractivity contribution in [3.8, 4) is 0 Å². The van der Waals surface area contributed by atoms with Crippen molar-refractivity contribution in [2.45, 2.75) is 0 Å². The summed E-state index contributed by atoms with van der Waals surface area (Å²) in [7, 11) is 0. The molecule has 0 aliphatic heterocycles. The molecule has 0 N–H and O–H groups in total. The molecule has 1 nitrogen and oxygen atoms in total. The summed E-state index contributed by atoms with van der Waals surface area (Å²) in [5.41, 5.74) is 0. The average molecular weight is 148 g/mol. The van der Waals surface area contributed by atoms with Crippen molar-refractivity contribution in [2.24, 2.45) is 0 Å². The Labute approximate surface area is 52.7 Å². The van der Waals surface area contributed by atoms with Gasteiger partial charge in [-0.25, -0.2) is 0 Å².